The van der Waals surface area contributed by atoms with Crippen LogP contribution in [0, 0.1) is 5.82 Å². The van der Waals surface area contributed by atoms with Crippen LogP contribution in [-0.4, -0.2) is 18.4 Å². The second kappa shape index (κ2) is 5.85. The third-order valence-electron chi connectivity index (χ3n) is 3.22. The summed E-state index contributed by atoms with van der Waals surface area (Å²) >= 11 is 0. The highest BCUT2D eigenvalue weighted by Crippen LogP contribution is 2.28. The Bertz CT molecular complexity index is 746. The molecule has 0 unspecified atom stereocenters. The molecule has 2 amide bonds. The minimum atomic E-state index is -0.512. The van der Waals surface area contributed by atoms with E-state index in [0.29, 0.717) is 23.6 Å². The minimum Gasteiger partial charge on any atom is -0.491 e. The fraction of sp³-hybridized carbons (Fsp3) is 0.125. The van der Waals surface area contributed by atoms with E-state index in [1.807, 2.05) is 0 Å². The van der Waals surface area contributed by atoms with E-state index < -0.39 is 11.7 Å². The first-order chi connectivity index (χ1) is 10.6. The molecule has 1 aliphatic heterocycles. The third-order valence-corrected chi connectivity index (χ3v) is 3.22. The highest BCUT2D eigenvalue weighted by atomic mass is 19.1. The average Bonchev–Trinajstić information content (AvgIpc) is 2.69. The number of para-hydroxylation sites is 1. The zero-order valence-corrected chi connectivity index (χ0v) is 11.6. The molecule has 22 heavy (non-hydrogen) atoms. The number of halogens is 1. The zero-order chi connectivity index (χ0) is 15.5. The van der Waals surface area contributed by atoms with E-state index in [1.165, 1.54) is 18.2 Å². The molecule has 2 aromatic carbocycles. The molecule has 0 bridgehead atoms. The van der Waals surface area contributed by atoms with Crippen molar-refractivity contribution < 1.29 is 18.7 Å². The molecule has 0 saturated heterocycles. The van der Waals surface area contributed by atoms with Gasteiger partial charge in [-0.1, -0.05) is 12.1 Å². The molecule has 1 heterocycles. The lowest BCUT2D eigenvalue weighted by Gasteiger charge is -2.10. The molecule has 0 spiro atoms. The molecule has 3 rings (SSSR count). The number of ether oxygens (including phenoxy) is 1. The molecule has 0 aromatic heterocycles. The second-order valence-corrected chi connectivity index (χ2v) is 4.79. The molecular weight excluding hydrogens is 287 g/mol. The van der Waals surface area contributed by atoms with Crippen molar-refractivity contribution in [2.24, 2.45) is 0 Å². The SMILES string of the molecule is O=C1CCOc2ccc(C(=O)Nc3ccccc3F)cc2N1. The van der Waals surface area contributed by atoms with Crippen molar-refractivity contribution in [2.75, 3.05) is 17.2 Å². The first-order valence-electron chi connectivity index (χ1n) is 6.76. The van der Waals surface area contributed by atoms with Crippen LogP contribution in [0.2, 0.25) is 0 Å². The van der Waals surface area contributed by atoms with Crippen LogP contribution in [-0.2, 0) is 4.79 Å². The topological polar surface area (TPSA) is 67.4 Å². The Balaban J connectivity index is 1.84. The van der Waals surface area contributed by atoms with Gasteiger partial charge in [0, 0.05) is 5.56 Å². The van der Waals surface area contributed by atoms with Crippen molar-refractivity contribution in [1.82, 2.24) is 0 Å². The van der Waals surface area contributed by atoms with Gasteiger partial charge in [0.1, 0.15) is 11.6 Å². The molecule has 0 radical (unpaired) electrons. The Hall–Kier alpha value is -2.89. The lowest BCUT2D eigenvalue weighted by molar-refractivity contribution is -0.116. The molecule has 2 N–H and O–H groups in total. The maximum atomic E-state index is 13.6. The Morgan fingerprint density at radius 3 is 2.86 bits per heavy atom. The summed E-state index contributed by atoms with van der Waals surface area (Å²) in [4.78, 5) is 23.7. The molecular formula is C16H13FN2O3. The summed E-state index contributed by atoms with van der Waals surface area (Å²) in [7, 11) is 0. The Labute approximate surface area is 126 Å². The largest absolute Gasteiger partial charge is 0.491 e. The maximum Gasteiger partial charge on any atom is 0.255 e. The van der Waals surface area contributed by atoms with Crippen LogP contribution in [0.25, 0.3) is 0 Å². The van der Waals surface area contributed by atoms with Crippen LogP contribution < -0.4 is 15.4 Å². The molecule has 1 aliphatic rings. The Morgan fingerprint density at radius 1 is 1.23 bits per heavy atom. The predicted molar refractivity (Wildman–Crippen MR) is 79.5 cm³/mol. The van der Waals surface area contributed by atoms with E-state index in [1.54, 1.807) is 24.3 Å². The fourth-order valence-corrected chi connectivity index (χ4v) is 2.12. The fourth-order valence-electron chi connectivity index (χ4n) is 2.12. The summed E-state index contributed by atoms with van der Waals surface area (Å²) in [5.41, 5.74) is 0.833. The van der Waals surface area contributed by atoms with Gasteiger partial charge in [0.25, 0.3) is 5.91 Å². The highest BCUT2D eigenvalue weighted by molar-refractivity contribution is 6.06. The first-order valence-corrected chi connectivity index (χ1v) is 6.76. The van der Waals surface area contributed by atoms with E-state index in [9.17, 15) is 14.0 Å². The number of anilines is 2. The standard InChI is InChI=1S/C16H13FN2O3/c17-11-3-1-2-4-12(11)19-16(21)10-5-6-14-13(9-10)18-15(20)7-8-22-14/h1-6,9H,7-8H2,(H,18,20)(H,19,21). The summed E-state index contributed by atoms with van der Waals surface area (Å²) in [5, 5.41) is 5.17. The number of carbonyl (C=O) groups excluding carboxylic acids is 2. The van der Waals surface area contributed by atoms with Crippen molar-refractivity contribution in [2.45, 2.75) is 6.42 Å². The predicted octanol–water partition coefficient (Wildman–Crippen LogP) is 2.80. The molecule has 112 valence electrons. The van der Waals surface area contributed by atoms with Crippen molar-refractivity contribution in [3.8, 4) is 5.75 Å². The number of hydrogen-bond acceptors (Lipinski definition) is 3. The lowest BCUT2D eigenvalue weighted by atomic mass is 10.1. The number of fused-ring (bicyclic) bond motifs is 1. The van der Waals surface area contributed by atoms with Crippen molar-refractivity contribution >= 4 is 23.2 Å². The zero-order valence-electron chi connectivity index (χ0n) is 11.6. The second-order valence-electron chi connectivity index (χ2n) is 4.79. The normalized spacial score (nSPS) is 13.4. The number of carbonyl (C=O) groups is 2. The molecule has 2 aromatic rings. The molecule has 0 atom stereocenters. The number of benzene rings is 2. The van der Waals surface area contributed by atoms with Crippen LogP contribution in [0.3, 0.4) is 0 Å². The minimum absolute atomic E-state index is 0.0997. The summed E-state index contributed by atoms with van der Waals surface area (Å²) < 4.78 is 19.0. The van der Waals surface area contributed by atoms with Crippen molar-refractivity contribution in [3.63, 3.8) is 0 Å². The van der Waals surface area contributed by atoms with Gasteiger partial charge in [-0.25, -0.2) is 4.39 Å². The molecule has 0 fully saturated rings. The summed E-state index contributed by atoms with van der Waals surface area (Å²) in [5.74, 6) is -0.646. The van der Waals surface area contributed by atoms with E-state index in [-0.39, 0.29) is 18.0 Å². The van der Waals surface area contributed by atoms with Crippen LogP contribution >= 0.6 is 0 Å². The Morgan fingerprint density at radius 2 is 2.05 bits per heavy atom. The molecule has 0 saturated carbocycles. The quantitative estimate of drug-likeness (QED) is 0.896. The van der Waals surface area contributed by atoms with Gasteiger partial charge < -0.3 is 15.4 Å². The number of amides is 2. The van der Waals surface area contributed by atoms with Gasteiger partial charge in [0.2, 0.25) is 5.91 Å². The third kappa shape index (κ3) is 2.90. The van der Waals surface area contributed by atoms with Gasteiger partial charge in [0.15, 0.2) is 0 Å². The molecule has 0 aliphatic carbocycles. The number of rotatable bonds is 2. The molecule has 6 heteroatoms. The first kappa shape index (κ1) is 14.1. The maximum absolute atomic E-state index is 13.6. The smallest absolute Gasteiger partial charge is 0.255 e. The van der Waals surface area contributed by atoms with Gasteiger partial charge in [-0.15, -0.1) is 0 Å². The van der Waals surface area contributed by atoms with Gasteiger partial charge in [0.05, 0.1) is 24.4 Å². The lowest BCUT2D eigenvalue weighted by Crippen LogP contribution is -2.14. The van der Waals surface area contributed by atoms with Gasteiger partial charge in [-0.2, -0.15) is 0 Å². The summed E-state index contributed by atoms with van der Waals surface area (Å²) in [6, 6.07) is 10.6. The Kier molecular flexibility index (Phi) is 3.74. The van der Waals surface area contributed by atoms with Crippen LogP contribution in [0.15, 0.2) is 42.5 Å². The highest BCUT2D eigenvalue weighted by Gasteiger charge is 2.16. The number of hydrogen-bond donors (Lipinski definition) is 2. The van der Waals surface area contributed by atoms with Gasteiger partial charge in [-0.05, 0) is 30.3 Å². The molecule has 5 nitrogen and oxygen atoms in total. The van der Waals surface area contributed by atoms with Crippen molar-refractivity contribution in [1.29, 1.82) is 0 Å². The monoisotopic (exact) mass is 300 g/mol. The van der Waals surface area contributed by atoms with Gasteiger partial charge in [-0.3, -0.25) is 9.59 Å². The van der Waals surface area contributed by atoms with Crippen molar-refractivity contribution in [3.05, 3.63) is 53.8 Å². The van der Waals surface area contributed by atoms with Crippen LogP contribution in [0.1, 0.15) is 16.8 Å². The van der Waals surface area contributed by atoms with E-state index in [2.05, 4.69) is 10.6 Å². The van der Waals surface area contributed by atoms with Crippen LogP contribution in [0.5, 0.6) is 5.75 Å². The average molecular weight is 300 g/mol. The van der Waals surface area contributed by atoms with E-state index in [4.69, 9.17) is 4.74 Å². The number of nitrogens with one attached hydrogen (secondary N) is 2. The van der Waals surface area contributed by atoms with Gasteiger partial charge >= 0.3 is 0 Å². The van der Waals surface area contributed by atoms with E-state index in [0.717, 1.165) is 0 Å². The van der Waals surface area contributed by atoms with Crippen LogP contribution in [0.4, 0.5) is 15.8 Å². The summed E-state index contributed by atoms with van der Waals surface area (Å²) in [6.07, 6.45) is 0.255. The van der Waals surface area contributed by atoms with E-state index >= 15 is 0 Å². The summed E-state index contributed by atoms with van der Waals surface area (Å²) in [6.45, 7) is 0.291.